The first-order valence-corrected chi connectivity index (χ1v) is 9.65. The van der Waals surface area contributed by atoms with Crippen LogP contribution in [0, 0.1) is 11.3 Å². The fourth-order valence-electron chi connectivity index (χ4n) is 2.84. The van der Waals surface area contributed by atoms with Crippen molar-refractivity contribution in [3.63, 3.8) is 0 Å². The molecule has 1 saturated heterocycles. The second-order valence-corrected chi connectivity index (χ2v) is 8.01. The van der Waals surface area contributed by atoms with E-state index in [2.05, 4.69) is 9.88 Å². The van der Waals surface area contributed by atoms with Crippen molar-refractivity contribution >= 4 is 21.6 Å². The summed E-state index contributed by atoms with van der Waals surface area (Å²) >= 11 is 6.07. The van der Waals surface area contributed by atoms with Crippen LogP contribution in [0.2, 0.25) is 5.02 Å². The van der Waals surface area contributed by atoms with Gasteiger partial charge in [-0.25, -0.2) is 8.42 Å². The van der Waals surface area contributed by atoms with Gasteiger partial charge >= 0.3 is 0 Å². The van der Waals surface area contributed by atoms with Crippen LogP contribution in [-0.2, 0) is 16.6 Å². The maximum Gasteiger partial charge on any atom is 0.245 e. The van der Waals surface area contributed by atoms with Crippen LogP contribution in [0.4, 0.5) is 0 Å². The molecule has 1 aliphatic rings. The lowest BCUT2D eigenvalue weighted by molar-refractivity contribution is 0.180. The Morgan fingerprint density at radius 2 is 1.88 bits per heavy atom. The summed E-state index contributed by atoms with van der Waals surface area (Å²) in [6.45, 7) is 2.59. The second kappa shape index (κ2) is 7.50. The van der Waals surface area contributed by atoms with Crippen molar-refractivity contribution in [2.24, 2.45) is 0 Å². The fraction of sp³-hybridized carbons (Fsp3) is 0.294. The topological polar surface area (TPSA) is 77.3 Å². The number of rotatable bonds is 4. The first kappa shape index (κ1) is 17.8. The molecule has 1 aromatic heterocycles. The van der Waals surface area contributed by atoms with E-state index in [-0.39, 0.29) is 15.5 Å². The number of halogens is 1. The van der Waals surface area contributed by atoms with Crippen molar-refractivity contribution in [3.05, 3.63) is 58.9 Å². The van der Waals surface area contributed by atoms with Gasteiger partial charge in [-0.05, 0) is 24.3 Å². The van der Waals surface area contributed by atoms with Crippen molar-refractivity contribution in [3.8, 4) is 6.07 Å². The van der Waals surface area contributed by atoms with E-state index in [1.54, 1.807) is 12.3 Å². The zero-order chi connectivity index (χ0) is 17.9. The maximum absolute atomic E-state index is 12.9. The smallest absolute Gasteiger partial charge is 0.245 e. The van der Waals surface area contributed by atoms with Crippen LogP contribution in [0.3, 0.4) is 0 Å². The van der Waals surface area contributed by atoms with E-state index >= 15 is 0 Å². The van der Waals surface area contributed by atoms with E-state index in [9.17, 15) is 13.7 Å². The molecule has 2 aromatic rings. The van der Waals surface area contributed by atoms with Gasteiger partial charge in [-0.3, -0.25) is 9.88 Å². The van der Waals surface area contributed by atoms with Gasteiger partial charge in [0.2, 0.25) is 10.0 Å². The molecular weight excluding hydrogens is 360 g/mol. The van der Waals surface area contributed by atoms with E-state index in [4.69, 9.17) is 11.6 Å². The van der Waals surface area contributed by atoms with Gasteiger partial charge in [-0.1, -0.05) is 23.7 Å². The standard InChI is InChI=1S/C17H17ClN4O2S/c18-16-6-3-4-14(12-19)17(16)25(23,24)22-10-8-21(9-11-22)13-15-5-1-2-7-20-15/h1-7H,8-11,13H2. The number of piperazine rings is 1. The molecule has 0 saturated carbocycles. The minimum absolute atomic E-state index is 0.0726. The molecule has 25 heavy (non-hydrogen) atoms. The number of nitrogens with zero attached hydrogens (tertiary/aromatic N) is 4. The number of pyridine rings is 1. The quantitative estimate of drug-likeness (QED) is 0.816. The molecule has 0 radical (unpaired) electrons. The number of sulfonamides is 1. The fourth-order valence-corrected chi connectivity index (χ4v) is 4.91. The minimum atomic E-state index is -3.80. The molecule has 0 unspecified atom stereocenters. The lowest BCUT2D eigenvalue weighted by Gasteiger charge is -2.34. The summed E-state index contributed by atoms with van der Waals surface area (Å²) in [5.41, 5.74) is 1.03. The molecule has 2 heterocycles. The van der Waals surface area contributed by atoms with Crippen molar-refractivity contribution < 1.29 is 8.42 Å². The van der Waals surface area contributed by atoms with Gasteiger partial charge < -0.3 is 0 Å². The van der Waals surface area contributed by atoms with Crippen LogP contribution in [0.1, 0.15) is 11.3 Å². The highest BCUT2D eigenvalue weighted by Crippen LogP contribution is 2.28. The number of aromatic nitrogens is 1. The predicted molar refractivity (Wildman–Crippen MR) is 94.4 cm³/mol. The largest absolute Gasteiger partial charge is 0.295 e. The van der Waals surface area contributed by atoms with Crippen LogP contribution in [0.25, 0.3) is 0 Å². The first-order valence-electron chi connectivity index (χ1n) is 7.83. The Morgan fingerprint density at radius 1 is 1.12 bits per heavy atom. The normalized spacial score (nSPS) is 16.5. The second-order valence-electron chi connectivity index (χ2n) is 5.73. The Balaban J connectivity index is 1.73. The minimum Gasteiger partial charge on any atom is -0.295 e. The zero-order valence-corrected chi connectivity index (χ0v) is 15.0. The molecule has 0 N–H and O–H groups in total. The molecule has 1 aliphatic heterocycles. The highest BCUT2D eigenvalue weighted by atomic mass is 35.5. The molecule has 130 valence electrons. The lowest BCUT2D eigenvalue weighted by atomic mass is 10.2. The van der Waals surface area contributed by atoms with Gasteiger partial charge in [0.1, 0.15) is 11.0 Å². The lowest BCUT2D eigenvalue weighted by Crippen LogP contribution is -2.48. The van der Waals surface area contributed by atoms with E-state index in [0.717, 1.165) is 5.69 Å². The molecule has 1 aromatic carbocycles. The Labute approximate surface area is 152 Å². The maximum atomic E-state index is 12.9. The van der Waals surface area contributed by atoms with Crippen LogP contribution >= 0.6 is 11.6 Å². The summed E-state index contributed by atoms with van der Waals surface area (Å²) in [5.74, 6) is 0. The van der Waals surface area contributed by atoms with Crippen molar-refractivity contribution in [1.82, 2.24) is 14.2 Å². The number of hydrogen-bond acceptors (Lipinski definition) is 5. The van der Waals surface area contributed by atoms with Crippen molar-refractivity contribution in [2.45, 2.75) is 11.4 Å². The molecule has 0 spiro atoms. The Kier molecular flexibility index (Phi) is 5.35. The molecule has 0 bridgehead atoms. The van der Waals surface area contributed by atoms with Crippen LogP contribution < -0.4 is 0 Å². The van der Waals surface area contributed by atoms with Gasteiger partial charge in [0, 0.05) is 38.9 Å². The Bertz CT molecular complexity index is 889. The van der Waals surface area contributed by atoms with Crippen molar-refractivity contribution in [2.75, 3.05) is 26.2 Å². The summed E-state index contributed by atoms with van der Waals surface area (Å²) in [7, 11) is -3.80. The van der Waals surface area contributed by atoms with E-state index < -0.39 is 10.0 Å². The van der Waals surface area contributed by atoms with E-state index in [0.29, 0.717) is 32.7 Å². The Hall–Kier alpha value is -1.98. The van der Waals surface area contributed by atoms with Gasteiger partial charge in [0.15, 0.2) is 0 Å². The third kappa shape index (κ3) is 3.83. The summed E-state index contributed by atoms with van der Waals surface area (Å²) in [6.07, 6.45) is 1.75. The SMILES string of the molecule is N#Cc1cccc(Cl)c1S(=O)(=O)N1CCN(Cc2ccccn2)CC1. The molecule has 6 nitrogen and oxygen atoms in total. The third-order valence-corrected chi connectivity index (χ3v) is 6.56. The van der Waals surface area contributed by atoms with Crippen molar-refractivity contribution in [1.29, 1.82) is 5.26 Å². The summed E-state index contributed by atoms with van der Waals surface area (Å²) in [5, 5.41) is 9.28. The third-order valence-electron chi connectivity index (χ3n) is 4.13. The molecule has 0 atom stereocenters. The number of benzene rings is 1. The van der Waals surface area contributed by atoms with Gasteiger partial charge in [0.25, 0.3) is 0 Å². The molecule has 8 heteroatoms. The predicted octanol–water partition coefficient (Wildman–Crippen LogP) is 2.11. The van der Waals surface area contributed by atoms with Crippen LogP contribution in [0.15, 0.2) is 47.5 Å². The highest BCUT2D eigenvalue weighted by Gasteiger charge is 2.32. The zero-order valence-electron chi connectivity index (χ0n) is 13.5. The summed E-state index contributed by atoms with van der Waals surface area (Å²) < 4.78 is 27.2. The van der Waals surface area contributed by atoms with Gasteiger partial charge in [0.05, 0.1) is 16.3 Å². The van der Waals surface area contributed by atoms with Crippen LogP contribution in [-0.4, -0.2) is 48.8 Å². The monoisotopic (exact) mass is 376 g/mol. The first-order chi connectivity index (χ1) is 12.0. The van der Waals surface area contributed by atoms with E-state index in [1.807, 2.05) is 24.3 Å². The van der Waals surface area contributed by atoms with Gasteiger partial charge in [-0.2, -0.15) is 9.57 Å². The average Bonchev–Trinajstić information content (AvgIpc) is 2.62. The highest BCUT2D eigenvalue weighted by molar-refractivity contribution is 7.89. The average molecular weight is 377 g/mol. The number of hydrogen-bond donors (Lipinski definition) is 0. The molecule has 3 rings (SSSR count). The molecule has 0 aliphatic carbocycles. The molecule has 0 amide bonds. The summed E-state index contributed by atoms with van der Waals surface area (Å²) in [6, 6.07) is 12.2. The molecular formula is C17H17ClN4O2S. The molecule has 1 fully saturated rings. The number of nitriles is 1. The Morgan fingerprint density at radius 3 is 2.52 bits per heavy atom. The van der Waals surface area contributed by atoms with Crippen LogP contribution in [0.5, 0.6) is 0 Å². The summed E-state index contributed by atoms with van der Waals surface area (Å²) in [4.78, 5) is 6.35. The van der Waals surface area contributed by atoms with E-state index in [1.165, 1.54) is 16.4 Å². The van der Waals surface area contributed by atoms with Gasteiger partial charge in [-0.15, -0.1) is 0 Å².